The van der Waals surface area contributed by atoms with Gasteiger partial charge in [0.2, 0.25) is 0 Å². The van der Waals surface area contributed by atoms with Crippen LogP contribution in [0.1, 0.15) is 11.4 Å². The summed E-state index contributed by atoms with van der Waals surface area (Å²) in [5.74, 6) is -3.41. The maximum absolute atomic E-state index is 13.0. The maximum Gasteiger partial charge on any atom is 0.490 e. The number of hydrogen-bond acceptors (Lipinski definition) is 4. The number of aliphatic hydroxyl groups is 1. The van der Waals surface area contributed by atoms with Crippen molar-refractivity contribution in [3.05, 3.63) is 23.5 Å². The summed E-state index contributed by atoms with van der Waals surface area (Å²) in [7, 11) is -1.74. The lowest BCUT2D eigenvalue weighted by Crippen LogP contribution is -2.34. The first-order chi connectivity index (χ1) is 6.88. The molecule has 0 fully saturated rings. The predicted molar refractivity (Wildman–Crippen MR) is 49.8 cm³/mol. The molecule has 0 saturated carbocycles. The van der Waals surface area contributed by atoms with Gasteiger partial charge in [-0.25, -0.2) is 0 Å². The van der Waals surface area contributed by atoms with E-state index in [0.29, 0.717) is 0 Å². The van der Waals surface area contributed by atoms with Gasteiger partial charge in [0.25, 0.3) is 0 Å². The first-order valence-electron chi connectivity index (χ1n) is 4.21. The van der Waals surface area contributed by atoms with Crippen molar-refractivity contribution in [2.24, 2.45) is 0 Å². The van der Waals surface area contributed by atoms with Crippen LogP contribution in [0.15, 0.2) is 12.1 Å². The zero-order chi connectivity index (χ0) is 11.6. The van der Waals surface area contributed by atoms with E-state index in [-0.39, 0.29) is 11.2 Å². The molecular weight excluding hydrogens is 207 g/mol. The number of nitrogens with zero attached hydrogens (tertiary/aromatic N) is 1. The molecule has 0 saturated heterocycles. The first-order valence-corrected chi connectivity index (χ1v) is 4.21. The van der Waals surface area contributed by atoms with Crippen molar-refractivity contribution >= 4 is 12.6 Å². The summed E-state index contributed by atoms with van der Waals surface area (Å²) in [6, 6.07) is 2.10. The van der Waals surface area contributed by atoms with Crippen molar-refractivity contribution < 1.29 is 23.9 Å². The zero-order valence-electron chi connectivity index (χ0n) is 7.98. The van der Waals surface area contributed by atoms with Gasteiger partial charge < -0.3 is 15.2 Å². The molecule has 0 aliphatic carbocycles. The number of aliphatic hydroxyl groups excluding tert-OH is 1. The first kappa shape index (κ1) is 12.0. The fraction of sp³-hybridized carbons (Fsp3) is 0.375. The molecule has 15 heavy (non-hydrogen) atoms. The lowest BCUT2D eigenvalue weighted by molar-refractivity contribution is -0.0593. The number of halogens is 2. The van der Waals surface area contributed by atoms with E-state index in [0.717, 1.165) is 12.1 Å². The molecule has 0 aromatic carbocycles. The summed E-state index contributed by atoms with van der Waals surface area (Å²) in [4.78, 5) is 3.51. The number of rotatable bonds is 3. The minimum atomic E-state index is -3.41. The van der Waals surface area contributed by atoms with E-state index in [1.807, 2.05) is 0 Å². The van der Waals surface area contributed by atoms with Gasteiger partial charge in [-0.2, -0.15) is 8.78 Å². The summed E-state index contributed by atoms with van der Waals surface area (Å²) in [6.45, 7) is 0.0478. The molecule has 4 nitrogen and oxygen atoms in total. The summed E-state index contributed by atoms with van der Waals surface area (Å²) in [5, 5.41) is 26.1. The van der Waals surface area contributed by atoms with Crippen LogP contribution in [-0.4, -0.2) is 33.9 Å². The number of hydrogen-bond donors (Lipinski definition) is 3. The predicted octanol–water partition coefficient (Wildman–Crippen LogP) is -0.846. The molecule has 0 unspecified atom stereocenters. The van der Waals surface area contributed by atoms with Crippen molar-refractivity contribution in [1.82, 2.24) is 4.98 Å². The van der Waals surface area contributed by atoms with Gasteiger partial charge in [0.15, 0.2) is 0 Å². The standard InChI is InChI=1S/C8H10BF2NO3/c1-5-6(9(14)15)2-3-7(12-5)8(10,11)4-13/h2-3,13-15H,4H2,1H3. The highest BCUT2D eigenvalue weighted by Crippen LogP contribution is 2.24. The van der Waals surface area contributed by atoms with Crippen molar-refractivity contribution in [3.63, 3.8) is 0 Å². The number of aromatic nitrogens is 1. The third-order valence-corrected chi connectivity index (χ3v) is 1.98. The Hall–Kier alpha value is -1.05. The largest absolute Gasteiger partial charge is 0.490 e. The molecule has 3 N–H and O–H groups in total. The molecule has 1 aromatic rings. The molecule has 0 aliphatic heterocycles. The molecule has 0 atom stereocenters. The summed E-state index contributed by atoms with van der Waals surface area (Å²) in [5.41, 5.74) is -0.435. The van der Waals surface area contributed by atoms with Gasteiger partial charge in [0, 0.05) is 11.2 Å². The monoisotopic (exact) mass is 217 g/mol. The van der Waals surface area contributed by atoms with Gasteiger partial charge in [-0.05, 0) is 13.0 Å². The Labute approximate surface area is 85.4 Å². The van der Waals surface area contributed by atoms with Gasteiger partial charge in [0.05, 0.1) is 0 Å². The zero-order valence-corrected chi connectivity index (χ0v) is 7.98. The van der Waals surface area contributed by atoms with Crippen LogP contribution in [-0.2, 0) is 5.92 Å². The molecule has 1 aromatic heterocycles. The van der Waals surface area contributed by atoms with E-state index in [2.05, 4.69) is 4.98 Å². The van der Waals surface area contributed by atoms with Crippen LogP contribution in [0.5, 0.6) is 0 Å². The third kappa shape index (κ3) is 2.50. The fourth-order valence-electron chi connectivity index (χ4n) is 1.13. The lowest BCUT2D eigenvalue weighted by Gasteiger charge is -2.14. The van der Waals surface area contributed by atoms with E-state index < -0.39 is 25.3 Å². The molecule has 1 rings (SSSR count). The molecule has 82 valence electrons. The highest BCUT2D eigenvalue weighted by Gasteiger charge is 2.33. The van der Waals surface area contributed by atoms with Crippen LogP contribution in [0, 0.1) is 6.92 Å². The van der Waals surface area contributed by atoms with Crippen LogP contribution in [0.25, 0.3) is 0 Å². The van der Waals surface area contributed by atoms with E-state index in [1.165, 1.54) is 6.92 Å². The topological polar surface area (TPSA) is 73.6 Å². The van der Waals surface area contributed by atoms with E-state index in [9.17, 15) is 8.78 Å². The normalized spacial score (nSPS) is 11.6. The molecule has 0 spiro atoms. The number of alkyl halides is 2. The smallest absolute Gasteiger partial charge is 0.423 e. The van der Waals surface area contributed by atoms with Gasteiger partial charge in [-0.3, -0.25) is 4.98 Å². The van der Waals surface area contributed by atoms with E-state index >= 15 is 0 Å². The Morgan fingerprint density at radius 3 is 2.40 bits per heavy atom. The number of aryl methyl sites for hydroxylation is 1. The fourth-order valence-corrected chi connectivity index (χ4v) is 1.13. The Balaban J connectivity index is 3.12. The molecule has 0 amide bonds. The molecular formula is C8H10BF2NO3. The third-order valence-electron chi connectivity index (χ3n) is 1.98. The van der Waals surface area contributed by atoms with Crippen molar-refractivity contribution in [2.45, 2.75) is 12.8 Å². The van der Waals surface area contributed by atoms with Crippen molar-refractivity contribution in [3.8, 4) is 0 Å². The lowest BCUT2D eigenvalue weighted by atomic mass is 9.79. The Morgan fingerprint density at radius 2 is 2.00 bits per heavy atom. The van der Waals surface area contributed by atoms with Crippen molar-refractivity contribution in [2.75, 3.05) is 6.61 Å². The Bertz CT molecular complexity index is 360. The second kappa shape index (κ2) is 4.22. The Kier molecular flexibility index (Phi) is 3.38. The van der Waals surface area contributed by atoms with Crippen LogP contribution in [0.3, 0.4) is 0 Å². The summed E-state index contributed by atoms with van der Waals surface area (Å²) >= 11 is 0. The van der Waals surface area contributed by atoms with E-state index in [4.69, 9.17) is 15.2 Å². The average Bonchev–Trinajstić information content (AvgIpc) is 2.17. The Morgan fingerprint density at radius 1 is 1.40 bits per heavy atom. The molecule has 1 heterocycles. The van der Waals surface area contributed by atoms with Crippen molar-refractivity contribution in [1.29, 1.82) is 0 Å². The van der Waals surface area contributed by atoms with Gasteiger partial charge in [-0.1, -0.05) is 6.07 Å². The van der Waals surface area contributed by atoms with Crippen LogP contribution in [0.4, 0.5) is 8.78 Å². The van der Waals surface area contributed by atoms with E-state index in [1.54, 1.807) is 0 Å². The minimum Gasteiger partial charge on any atom is -0.423 e. The van der Waals surface area contributed by atoms with Gasteiger partial charge in [-0.15, -0.1) is 0 Å². The summed E-state index contributed by atoms with van der Waals surface area (Å²) in [6.07, 6.45) is 0. The number of pyridine rings is 1. The molecule has 0 bridgehead atoms. The quantitative estimate of drug-likeness (QED) is 0.576. The van der Waals surface area contributed by atoms with Gasteiger partial charge >= 0.3 is 13.0 Å². The summed E-state index contributed by atoms with van der Waals surface area (Å²) < 4.78 is 25.9. The van der Waals surface area contributed by atoms with Crippen LogP contribution < -0.4 is 5.46 Å². The second-order valence-electron chi connectivity index (χ2n) is 3.11. The van der Waals surface area contributed by atoms with Gasteiger partial charge in [0.1, 0.15) is 12.3 Å². The molecule has 7 heteroatoms. The van der Waals surface area contributed by atoms with Crippen LogP contribution >= 0.6 is 0 Å². The molecule has 0 aliphatic rings. The second-order valence-corrected chi connectivity index (χ2v) is 3.11. The maximum atomic E-state index is 13.0. The average molecular weight is 217 g/mol. The SMILES string of the molecule is Cc1nc(C(F)(F)CO)ccc1B(O)O. The highest BCUT2D eigenvalue weighted by molar-refractivity contribution is 6.59. The van der Waals surface area contributed by atoms with Crippen LogP contribution in [0.2, 0.25) is 0 Å². The molecule has 0 radical (unpaired) electrons. The minimum absolute atomic E-state index is 0.0625. The highest BCUT2D eigenvalue weighted by atomic mass is 19.3.